The predicted octanol–water partition coefficient (Wildman–Crippen LogP) is -2.74. The molecule has 15 amide bonds. The van der Waals surface area contributed by atoms with Crippen LogP contribution in [0, 0.1) is 5.92 Å². The van der Waals surface area contributed by atoms with Crippen molar-refractivity contribution < 1.29 is 92.0 Å². The Hall–Kier alpha value is -12.1. The summed E-state index contributed by atoms with van der Waals surface area (Å²) in [5, 5.41) is 62.4. The molecule has 113 heavy (non-hydrogen) atoms. The summed E-state index contributed by atoms with van der Waals surface area (Å²) in [6, 6.07) is 9.83. The number of para-hydroxylation sites is 2. The quantitative estimate of drug-likeness (QED) is 0.0172. The summed E-state index contributed by atoms with van der Waals surface area (Å²) in [5.41, 5.74) is 19.0. The first-order valence-corrected chi connectivity index (χ1v) is 37.4. The number of H-pyrrole nitrogens is 2. The van der Waals surface area contributed by atoms with E-state index in [0.717, 1.165) is 13.8 Å². The lowest BCUT2D eigenvalue weighted by Crippen LogP contribution is -2.62. The lowest BCUT2D eigenvalue weighted by molar-refractivity contribution is -0.139. The number of hydrogen-bond donors (Lipinski definition) is 22. The SMILES string of the molecule is CC(=O)N[C@@H](CS)C(=O)N[C@@H](CCC(N)=O)C(=O)N[C@H](C(=O)N[C@@H](Cc1c[nH]c2ccccc12)C(=O)N[C@@H](Cc1ccccc1)C(=O)N[C@@H](CS)C(=O)N[C@@H](Cc1ccc(O)cc1)C(=O)N[C@@H](Cc1c[nH]c2ccccc12)C(=O)N[C@@H](CCC(C)C)C(=O)N[C@@H](CCC(=O)O)C(=O)N[C@@H](CC(N)=O)C(=O)NCC(N)=O)[C@@H](C)O. The number of fused-ring (bicyclic) bond motifs is 2. The lowest BCUT2D eigenvalue weighted by atomic mass is 9.99. The highest BCUT2D eigenvalue weighted by Gasteiger charge is 2.39. The monoisotopic (exact) mass is 1600 g/mol. The zero-order chi connectivity index (χ0) is 83.2. The Morgan fingerprint density at radius 2 is 0.779 bits per heavy atom. The van der Waals surface area contributed by atoms with E-state index < -0.39 is 212 Å². The van der Waals surface area contributed by atoms with Gasteiger partial charge >= 0.3 is 5.97 Å². The Kier molecular flexibility index (Phi) is 35.1. The summed E-state index contributed by atoms with van der Waals surface area (Å²) in [4.78, 5) is 224. The molecule has 0 aliphatic rings. The number of rotatable bonds is 46. The molecule has 23 N–H and O–H groups in total. The normalized spacial score (nSPS) is 14.3. The minimum absolute atomic E-state index is 0.119. The molecule has 0 unspecified atom stereocenters. The van der Waals surface area contributed by atoms with E-state index in [0.29, 0.717) is 44.1 Å². The predicted molar refractivity (Wildman–Crippen MR) is 418 cm³/mol. The number of thiol groups is 2. The van der Waals surface area contributed by atoms with Crippen LogP contribution in [0.1, 0.15) is 94.9 Å². The molecule has 0 radical (unpaired) electrons. The van der Waals surface area contributed by atoms with E-state index >= 15 is 19.2 Å². The van der Waals surface area contributed by atoms with Crippen molar-refractivity contribution >= 4 is 142 Å². The van der Waals surface area contributed by atoms with Crippen molar-refractivity contribution in [1.29, 1.82) is 0 Å². The number of carbonyl (C=O) groups is 16. The maximum atomic E-state index is 15.2. The van der Waals surface area contributed by atoms with Crippen LogP contribution in [-0.4, -0.2) is 210 Å². The van der Waals surface area contributed by atoms with Crippen LogP contribution in [0.25, 0.3) is 21.8 Å². The molecule has 6 rings (SSSR count). The molecule has 0 spiro atoms. The Morgan fingerprint density at radius 1 is 0.398 bits per heavy atom. The van der Waals surface area contributed by atoms with Crippen molar-refractivity contribution in [3.05, 3.63) is 138 Å². The molecule has 0 saturated heterocycles. The van der Waals surface area contributed by atoms with Crippen molar-refractivity contribution in [2.24, 2.45) is 23.1 Å². The van der Waals surface area contributed by atoms with Crippen molar-refractivity contribution in [3.8, 4) is 5.75 Å². The second-order valence-electron chi connectivity index (χ2n) is 27.3. The molecular weight excluding hydrogens is 1510 g/mol. The van der Waals surface area contributed by atoms with Crippen LogP contribution in [0.3, 0.4) is 0 Å². The van der Waals surface area contributed by atoms with Gasteiger partial charge in [-0.25, -0.2) is 0 Å². The first kappa shape index (κ1) is 89.8. The van der Waals surface area contributed by atoms with Crippen LogP contribution in [0.2, 0.25) is 0 Å². The summed E-state index contributed by atoms with van der Waals surface area (Å²) < 4.78 is 0. The topological polar surface area (TPSA) is 588 Å². The van der Waals surface area contributed by atoms with E-state index in [-0.39, 0.29) is 55.9 Å². The average Bonchev–Trinajstić information content (AvgIpc) is 1.72. The molecule has 608 valence electrons. The summed E-state index contributed by atoms with van der Waals surface area (Å²) in [5.74, 6) is -17.3. The molecule has 36 nitrogen and oxygen atoms in total. The van der Waals surface area contributed by atoms with E-state index in [2.05, 4.69) is 99.0 Å². The van der Waals surface area contributed by atoms with E-state index in [1.807, 2.05) is 13.8 Å². The number of carboxylic acids is 1. The Balaban J connectivity index is 1.32. The van der Waals surface area contributed by atoms with Gasteiger partial charge in [0.1, 0.15) is 72.2 Å². The maximum absolute atomic E-state index is 15.2. The number of carbonyl (C=O) groups excluding carboxylic acids is 15. The Labute approximate surface area is 659 Å². The highest BCUT2D eigenvalue weighted by atomic mass is 32.1. The molecule has 0 bridgehead atoms. The molecular formula is C75H97N17O19S2. The number of aromatic nitrogens is 2. The molecule has 2 aromatic heterocycles. The fourth-order valence-electron chi connectivity index (χ4n) is 11.9. The Bertz CT molecular complexity index is 4390. The summed E-state index contributed by atoms with van der Waals surface area (Å²) in [7, 11) is 0. The fourth-order valence-corrected chi connectivity index (χ4v) is 12.4. The molecule has 38 heteroatoms. The first-order chi connectivity index (χ1) is 53.6. The van der Waals surface area contributed by atoms with E-state index in [1.165, 1.54) is 24.3 Å². The molecule has 0 saturated carbocycles. The van der Waals surface area contributed by atoms with Gasteiger partial charge in [0, 0.05) is 91.2 Å². The van der Waals surface area contributed by atoms with Gasteiger partial charge in [-0.2, -0.15) is 25.3 Å². The van der Waals surface area contributed by atoms with Gasteiger partial charge in [0.05, 0.1) is 19.1 Å². The molecule has 0 aliphatic heterocycles. The minimum Gasteiger partial charge on any atom is -0.508 e. The largest absolute Gasteiger partial charge is 0.508 e. The number of phenolic OH excluding ortho intramolecular Hbond substituents is 1. The van der Waals surface area contributed by atoms with Gasteiger partial charge < -0.3 is 106 Å². The van der Waals surface area contributed by atoms with Gasteiger partial charge in [-0.15, -0.1) is 0 Å². The van der Waals surface area contributed by atoms with E-state index in [4.69, 9.17) is 17.2 Å². The van der Waals surface area contributed by atoms with Crippen LogP contribution in [-0.2, 0) is 102 Å². The van der Waals surface area contributed by atoms with E-state index in [1.54, 1.807) is 91.3 Å². The van der Waals surface area contributed by atoms with Crippen LogP contribution in [0.4, 0.5) is 0 Å². The zero-order valence-corrected chi connectivity index (χ0v) is 64.2. The van der Waals surface area contributed by atoms with Crippen LogP contribution < -0.4 is 81.0 Å². The number of aliphatic hydroxyl groups excluding tert-OH is 1. The van der Waals surface area contributed by atoms with Gasteiger partial charge in [0.25, 0.3) is 0 Å². The number of nitrogens with two attached hydrogens (primary N) is 3. The van der Waals surface area contributed by atoms with Crippen LogP contribution in [0.15, 0.2) is 116 Å². The molecule has 2 heterocycles. The average molecular weight is 1600 g/mol. The number of benzene rings is 4. The lowest BCUT2D eigenvalue weighted by Gasteiger charge is -2.29. The number of primary amides is 3. The van der Waals surface area contributed by atoms with Gasteiger partial charge in [0.2, 0.25) is 88.6 Å². The van der Waals surface area contributed by atoms with Crippen molar-refractivity contribution in [2.45, 2.75) is 171 Å². The van der Waals surface area contributed by atoms with Gasteiger partial charge in [0.15, 0.2) is 0 Å². The molecule has 6 aromatic rings. The number of aromatic amines is 2. The maximum Gasteiger partial charge on any atom is 0.303 e. The molecule has 12 atom stereocenters. The third kappa shape index (κ3) is 29.0. The van der Waals surface area contributed by atoms with Gasteiger partial charge in [-0.3, -0.25) is 76.7 Å². The number of carboxylic acid groups (broad SMARTS) is 1. The number of aliphatic hydroxyl groups is 1. The van der Waals surface area contributed by atoms with Crippen molar-refractivity contribution in [1.82, 2.24) is 73.8 Å². The fraction of sp³-hybridized carbons (Fsp3) is 0.413. The Morgan fingerprint density at radius 3 is 1.21 bits per heavy atom. The van der Waals surface area contributed by atoms with Crippen LogP contribution >= 0.6 is 25.3 Å². The van der Waals surface area contributed by atoms with Gasteiger partial charge in [-0.05, 0) is 85.0 Å². The van der Waals surface area contributed by atoms with Crippen molar-refractivity contribution in [3.63, 3.8) is 0 Å². The summed E-state index contributed by atoms with van der Waals surface area (Å²) in [6.45, 7) is 5.22. The smallest absolute Gasteiger partial charge is 0.303 e. The number of nitrogens with one attached hydrogen (secondary N) is 14. The molecule has 0 fully saturated rings. The standard InChI is InChI=1S/C75H97N17O19S2/c1-38(2)18-23-50(66(102)83-52(25-27-63(99)100)67(103)89-57(32-61(77)97)65(101)81-35-62(78)98)84-71(107)55(30-43-33-79-48-16-10-8-14-46(43)48)88-69(105)54(29-42-19-21-45(95)22-20-42)87-74(110)59(37-113)91-70(106)53(28-41-12-6-5-7-13-41)86-72(108)56(31-44-34-80-49-17-11-9-15-47(44)49)90-75(111)64(39(3)93)92-68(104)51(24-26-60(76)96)85-73(109)58(36-112)82-40(4)94/h5-17,19-22,33-34,38-39,50-59,64,79-80,93,95,112-113H,18,23-32,35-37H2,1-4H3,(H2,76,96)(H2,77,97)(H2,78,98)(H,81,101)(H,82,94)(H,83,102)(H,84,107)(H,85,109)(H,86,108)(H,87,110)(H,88,105)(H,89,103)(H,90,111)(H,91,106)(H,92,104)(H,99,100)/t39-,50+,51+,52+,53+,54+,55+,56+,57+,58+,59+,64+/m1/s1. The molecule has 4 aromatic carbocycles. The number of hydrogen-bond acceptors (Lipinski definition) is 20. The number of aliphatic carboxylic acids is 1. The second kappa shape index (κ2) is 44.1. The highest BCUT2D eigenvalue weighted by molar-refractivity contribution is 7.80. The highest BCUT2D eigenvalue weighted by Crippen LogP contribution is 2.23. The first-order valence-electron chi connectivity index (χ1n) is 36.1. The van der Waals surface area contributed by atoms with Gasteiger partial charge in [-0.1, -0.05) is 92.7 Å². The van der Waals surface area contributed by atoms with E-state index in [9.17, 15) is 72.9 Å². The third-order valence-corrected chi connectivity index (χ3v) is 18.6. The minimum atomic E-state index is -1.88. The third-order valence-electron chi connectivity index (χ3n) is 17.9. The number of aromatic hydroxyl groups is 1. The summed E-state index contributed by atoms with van der Waals surface area (Å²) >= 11 is 8.55. The number of amides is 15. The van der Waals surface area contributed by atoms with Crippen LogP contribution in [0.5, 0.6) is 5.75 Å². The van der Waals surface area contributed by atoms with Crippen molar-refractivity contribution in [2.75, 3.05) is 18.1 Å². The number of phenols is 1. The summed E-state index contributed by atoms with van der Waals surface area (Å²) in [6.07, 6.45) is -2.59. The zero-order valence-electron chi connectivity index (χ0n) is 62.4. The second-order valence-corrected chi connectivity index (χ2v) is 28.1. The molecule has 0 aliphatic carbocycles.